The Hall–Kier alpha value is -0.0800. The van der Waals surface area contributed by atoms with Gasteiger partial charge in [0.05, 0.1) is 0 Å². The summed E-state index contributed by atoms with van der Waals surface area (Å²) in [6, 6.07) is 1.72. The maximum absolute atomic E-state index is 6.15. The molecule has 1 aliphatic heterocycles. The molecule has 3 aliphatic rings. The number of nitrogens with zero attached hydrogens (tertiary/aromatic N) is 1. The fourth-order valence-electron chi connectivity index (χ4n) is 5.72. The predicted molar refractivity (Wildman–Crippen MR) is 90.3 cm³/mol. The minimum Gasteiger partial charge on any atom is -0.330 e. The summed E-state index contributed by atoms with van der Waals surface area (Å²) >= 11 is 0. The van der Waals surface area contributed by atoms with Crippen LogP contribution in [0, 0.1) is 17.8 Å². The summed E-state index contributed by atoms with van der Waals surface area (Å²) in [5, 5.41) is 0. The molecule has 0 aromatic heterocycles. The minimum atomic E-state index is 0.778. The van der Waals surface area contributed by atoms with Crippen LogP contribution >= 0.6 is 0 Å². The molecule has 2 N–H and O–H groups in total. The molecule has 3 fully saturated rings. The molecule has 1 heterocycles. The SMILES string of the molecule is CCCC1CCC(CN)C(N2CCCC2C2CCCC2)C1. The van der Waals surface area contributed by atoms with Gasteiger partial charge in [-0.15, -0.1) is 0 Å². The van der Waals surface area contributed by atoms with E-state index in [-0.39, 0.29) is 0 Å². The first-order valence-electron chi connectivity index (χ1n) is 9.79. The Morgan fingerprint density at radius 3 is 2.48 bits per heavy atom. The Morgan fingerprint density at radius 2 is 1.76 bits per heavy atom. The van der Waals surface area contributed by atoms with Crippen molar-refractivity contribution in [1.29, 1.82) is 0 Å². The van der Waals surface area contributed by atoms with Crippen LogP contribution in [0.1, 0.15) is 77.6 Å². The first-order chi connectivity index (χ1) is 10.3. The zero-order valence-electron chi connectivity index (χ0n) is 14.1. The second kappa shape index (κ2) is 7.46. The summed E-state index contributed by atoms with van der Waals surface area (Å²) < 4.78 is 0. The highest BCUT2D eigenvalue weighted by molar-refractivity contribution is 4.95. The van der Waals surface area contributed by atoms with Gasteiger partial charge in [0.2, 0.25) is 0 Å². The van der Waals surface area contributed by atoms with E-state index in [1.165, 1.54) is 77.2 Å². The maximum atomic E-state index is 6.15. The molecule has 0 spiro atoms. The lowest BCUT2D eigenvalue weighted by molar-refractivity contribution is 0.0498. The van der Waals surface area contributed by atoms with Gasteiger partial charge >= 0.3 is 0 Å². The van der Waals surface area contributed by atoms with Crippen molar-refractivity contribution in [2.75, 3.05) is 13.1 Å². The van der Waals surface area contributed by atoms with E-state index in [1.807, 2.05) is 0 Å². The fourth-order valence-corrected chi connectivity index (χ4v) is 5.72. The summed E-state index contributed by atoms with van der Waals surface area (Å²) in [5.74, 6) is 2.77. The highest BCUT2D eigenvalue weighted by Gasteiger charge is 2.41. The van der Waals surface area contributed by atoms with Crippen molar-refractivity contribution < 1.29 is 0 Å². The van der Waals surface area contributed by atoms with Crippen LogP contribution in [-0.2, 0) is 0 Å². The van der Waals surface area contributed by atoms with Crippen molar-refractivity contribution in [2.24, 2.45) is 23.5 Å². The molecule has 0 aromatic carbocycles. The first kappa shape index (κ1) is 15.8. The second-order valence-corrected chi connectivity index (χ2v) is 8.02. The monoisotopic (exact) mass is 292 g/mol. The van der Waals surface area contributed by atoms with Crippen LogP contribution < -0.4 is 5.73 Å². The molecule has 0 radical (unpaired) electrons. The van der Waals surface area contributed by atoms with Gasteiger partial charge in [0.15, 0.2) is 0 Å². The molecular formula is C19H36N2. The quantitative estimate of drug-likeness (QED) is 0.823. The number of nitrogens with two attached hydrogens (primary N) is 1. The average Bonchev–Trinajstić information content (AvgIpc) is 3.18. The van der Waals surface area contributed by atoms with Crippen LogP contribution in [0.5, 0.6) is 0 Å². The van der Waals surface area contributed by atoms with Gasteiger partial charge in [0, 0.05) is 12.1 Å². The Morgan fingerprint density at radius 1 is 0.952 bits per heavy atom. The van der Waals surface area contributed by atoms with Gasteiger partial charge in [0.1, 0.15) is 0 Å². The molecule has 0 amide bonds. The minimum absolute atomic E-state index is 0.778. The Labute approximate surface area is 131 Å². The van der Waals surface area contributed by atoms with Gasteiger partial charge in [-0.25, -0.2) is 0 Å². The fraction of sp³-hybridized carbons (Fsp3) is 1.00. The third-order valence-electron chi connectivity index (χ3n) is 6.78. The standard InChI is InChI=1S/C19H36N2/c1-2-6-15-10-11-17(14-20)19(13-15)21-12-5-9-18(21)16-7-3-4-8-16/h15-19H,2-14,20H2,1H3. The lowest BCUT2D eigenvalue weighted by Crippen LogP contribution is -2.50. The Kier molecular flexibility index (Phi) is 5.61. The molecule has 2 aliphatic carbocycles. The van der Waals surface area contributed by atoms with Gasteiger partial charge < -0.3 is 5.73 Å². The van der Waals surface area contributed by atoms with E-state index >= 15 is 0 Å². The highest BCUT2D eigenvalue weighted by Crippen LogP contribution is 2.41. The molecule has 122 valence electrons. The first-order valence-corrected chi connectivity index (χ1v) is 9.79. The Bertz CT molecular complexity index is 311. The summed E-state index contributed by atoms with van der Waals surface area (Å²) in [4.78, 5) is 2.95. The summed E-state index contributed by atoms with van der Waals surface area (Å²) in [5.41, 5.74) is 6.15. The molecule has 4 unspecified atom stereocenters. The molecule has 0 bridgehead atoms. The molecule has 3 rings (SSSR count). The second-order valence-electron chi connectivity index (χ2n) is 8.02. The molecule has 2 heteroatoms. The summed E-state index contributed by atoms with van der Waals surface area (Å²) in [6.45, 7) is 4.62. The summed E-state index contributed by atoms with van der Waals surface area (Å²) in [7, 11) is 0. The van der Waals surface area contributed by atoms with Crippen molar-refractivity contribution in [3.05, 3.63) is 0 Å². The molecular weight excluding hydrogens is 256 g/mol. The van der Waals surface area contributed by atoms with Crippen LogP contribution in [-0.4, -0.2) is 30.1 Å². The number of rotatable bonds is 5. The van der Waals surface area contributed by atoms with Crippen LogP contribution in [0.2, 0.25) is 0 Å². The van der Waals surface area contributed by atoms with Crippen LogP contribution in [0.15, 0.2) is 0 Å². The zero-order chi connectivity index (χ0) is 14.7. The van der Waals surface area contributed by atoms with Crippen molar-refractivity contribution in [1.82, 2.24) is 4.90 Å². The van der Waals surface area contributed by atoms with Crippen molar-refractivity contribution in [3.63, 3.8) is 0 Å². The molecule has 2 saturated carbocycles. The van der Waals surface area contributed by atoms with Gasteiger partial charge in [-0.05, 0) is 69.4 Å². The average molecular weight is 293 g/mol. The Balaban J connectivity index is 1.68. The summed E-state index contributed by atoms with van der Waals surface area (Å²) in [6.07, 6.45) is 15.9. The topological polar surface area (TPSA) is 29.3 Å². The van der Waals surface area contributed by atoms with E-state index < -0.39 is 0 Å². The van der Waals surface area contributed by atoms with Gasteiger partial charge in [-0.2, -0.15) is 0 Å². The smallest absolute Gasteiger partial charge is 0.0141 e. The van der Waals surface area contributed by atoms with Gasteiger partial charge in [0.25, 0.3) is 0 Å². The van der Waals surface area contributed by atoms with Crippen molar-refractivity contribution >= 4 is 0 Å². The zero-order valence-corrected chi connectivity index (χ0v) is 14.1. The number of likely N-dealkylation sites (tertiary alicyclic amines) is 1. The predicted octanol–water partition coefficient (Wildman–Crippen LogP) is 4.18. The van der Waals surface area contributed by atoms with E-state index in [0.29, 0.717) is 0 Å². The third-order valence-corrected chi connectivity index (χ3v) is 6.78. The van der Waals surface area contributed by atoms with E-state index in [2.05, 4.69) is 11.8 Å². The van der Waals surface area contributed by atoms with Crippen LogP contribution in [0.25, 0.3) is 0 Å². The molecule has 0 aromatic rings. The van der Waals surface area contributed by atoms with Crippen molar-refractivity contribution in [2.45, 2.75) is 89.6 Å². The molecule has 1 saturated heterocycles. The van der Waals surface area contributed by atoms with Crippen molar-refractivity contribution in [3.8, 4) is 0 Å². The van der Waals surface area contributed by atoms with E-state index in [1.54, 1.807) is 0 Å². The van der Waals surface area contributed by atoms with Gasteiger partial charge in [-0.1, -0.05) is 39.0 Å². The molecule has 4 atom stereocenters. The normalized spacial score (nSPS) is 39.1. The lowest BCUT2D eigenvalue weighted by Gasteiger charge is -2.45. The molecule has 2 nitrogen and oxygen atoms in total. The number of hydrogen-bond acceptors (Lipinski definition) is 2. The van der Waals surface area contributed by atoms with Gasteiger partial charge in [-0.3, -0.25) is 4.90 Å². The largest absolute Gasteiger partial charge is 0.330 e. The third kappa shape index (κ3) is 3.47. The lowest BCUT2D eigenvalue weighted by atomic mass is 9.75. The highest BCUT2D eigenvalue weighted by atomic mass is 15.2. The van der Waals surface area contributed by atoms with E-state index in [9.17, 15) is 0 Å². The van der Waals surface area contributed by atoms with E-state index in [4.69, 9.17) is 5.73 Å². The van der Waals surface area contributed by atoms with Crippen LogP contribution in [0.3, 0.4) is 0 Å². The maximum Gasteiger partial charge on any atom is 0.0141 e. The number of hydrogen-bond donors (Lipinski definition) is 1. The molecule has 21 heavy (non-hydrogen) atoms. The van der Waals surface area contributed by atoms with E-state index in [0.717, 1.165) is 36.4 Å². The van der Waals surface area contributed by atoms with Crippen LogP contribution in [0.4, 0.5) is 0 Å².